The van der Waals surface area contributed by atoms with E-state index in [2.05, 4.69) is 10.6 Å². The molecule has 2 aromatic rings. The highest BCUT2D eigenvalue weighted by molar-refractivity contribution is 6.14. The fraction of sp³-hybridized carbons (Fsp3) is 0.364. The molecule has 5 nitrogen and oxygen atoms in total. The summed E-state index contributed by atoms with van der Waals surface area (Å²) in [7, 11) is 0. The molecule has 0 bridgehead atoms. The lowest BCUT2D eigenvalue weighted by Crippen LogP contribution is -2.41. The van der Waals surface area contributed by atoms with E-state index in [0.29, 0.717) is 11.4 Å². The molecule has 0 aliphatic carbocycles. The molecule has 0 spiro atoms. The number of hydrogen-bond acceptors (Lipinski definition) is 3. The Morgan fingerprint density at radius 3 is 1.81 bits per heavy atom. The van der Waals surface area contributed by atoms with Crippen LogP contribution in [0.5, 0.6) is 5.75 Å². The van der Waals surface area contributed by atoms with E-state index in [1.54, 1.807) is 38.1 Å². The molecule has 0 saturated heterocycles. The van der Waals surface area contributed by atoms with Crippen molar-refractivity contribution in [2.24, 2.45) is 5.41 Å². The highest BCUT2D eigenvalue weighted by atomic mass is 16.5. The van der Waals surface area contributed by atoms with Gasteiger partial charge in [0, 0.05) is 11.4 Å². The van der Waals surface area contributed by atoms with Gasteiger partial charge < -0.3 is 15.4 Å². The Bertz CT molecular complexity index is 804. The largest absolute Gasteiger partial charge is 0.491 e. The van der Waals surface area contributed by atoms with Crippen LogP contribution in [0.4, 0.5) is 11.4 Å². The van der Waals surface area contributed by atoms with Gasteiger partial charge in [-0.05, 0) is 89.1 Å². The van der Waals surface area contributed by atoms with Crippen molar-refractivity contribution < 1.29 is 14.3 Å². The van der Waals surface area contributed by atoms with Crippen LogP contribution >= 0.6 is 0 Å². The van der Waals surface area contributed by atoms with Crippen LogP contribution in [0.1, 0.15) is 38.8 Å². The van der Waals surface area contributed by atoms with Gasteiger partial charge in [0.05, 0.1) is 6.10 Å². The predicted octanol–water partition coefficient (Wildman–Crippen LogP) is 4.69. The Balaban J connectivity index is 2.05. The van der Waals surface area contributed by atoms with Crippen molar-refractivity contribution in [1.29, 1.82) is 0 Å². The lowest BCUT2D eigenvalue weighted by atomic mass is 9.90. The smallest absolute Gasteiger partial charge is 0.239 e. The molecule has 0 radical (unpaired) electrons. The van der Waals surface area contributed by atoms with Crippen molar-refractivity contribution in [2.45, 2.75) is 47.6 Å². The number of nitrogens with one attached hydrogen (secondary N) is 2. The maximum Gasteiger partial charge on any atom is 0.239 e. The van der Waals surface area contributed by atoms with Crippen molar-refractivity contribution in [3.63, 3.8) is 0 Å². The summed E-state index contributed by atoms with van der Waals surface area (Å²) in [5.41, 5.74) is 2.18. The molecule has 0 aliphatic heterocycles. The number of carbonyl (C=O) groups is 2. The summed E-state index contributed by atoms with van der Waals surface area (Å²) in [6.07, 6.45) is 0.0818. The normalized spacial score (nSPS) is 11.2. The zero-order chi connectivity index (χ0) is 20.2. The van der Waals surface area contributed by atoms with E-state index in [0.717, 1.165) is 16.9 Å². The van der Waals surface area contributed by atoms with Crippen LogP contribution in [0.25, 0.3) is 0 Å². The molecule has 0 unspecified atom stereocenters. The SMILES string of the molecule is Cc1cc(C)cc(NC(=O)C(C)(C)C(=O)Nc2ccc(OC(C)C)cc2)c1. The van der Waals surface area contributed by atoms with Gasteiger partial charge in [-0.15, -0.1) is 0 Å². The van der Waals surface area contributed by atoms with E-state index in [4.69, 9.17) is 4.74 Å². The second-order valence-corrected chi connectivity index (χ2v) is 7.60. The second-order valence-electron chi connectivity index (χ2n) is 7.60. The molecule has 0 atom stereocenters. The third kappa shape index (κ3) is 5.58. The number of aryl methyl sites for hydroxylation is 2. The molecule has 27 heavy (non-hydrogen) atoms. The van der Waals surface area contributed by atoms with Gasteiger partial charge in [0.15, 0.2) is 0 Å². The van der Waals surface area contributed by atoms with E-state index in [1.165, 1.54) is 0 Å². The molecule has 144 valence electrons. The van der Waals surface area contributed by atoms with Gasteiger partial charge >= 0.3 is 0 Å². The van der Waals surface area contributed by atoms with E-state index in [1.807, 2.05) is 45.9 Å². The van der Waals surface area contributed by atoms with Crippen LogP contribution in [0, 0.1) is 19.3 Å². The van der Waals surface area contributed by atoms with E-state index < -0.39 is 5.41 Å². The minimum atomic E-state index is -1.23. The van der Waals surface area contributed by atoms with Gasteiger partial charge in [-0.1, -0.05) is 6.07 Å². The third-order valence-corrected chi connectivity index (χ3v) is 4.10. The zero-order valence-corrected chi connectivity index (χ0v) is 16.8. The molecule has 0 aliphatic rings. The van der Waals surface area contributed by atoms with Crippen LogP contribution in [0.2, 0.25) is 0 Å². The monoisotopic (exact) mass is 368 g/mol. The number of anilines is 2. The van der Waals surface area contributed by atoms with Gasteiger partial charge in [-0.25, -0.2) is 0 Å². The molecule has 0 fully saturated rings. The van der Waals surface area contributed by atoms with Crippen LogP contribution in [0.3, 0.4) is 0 Å². The van der Waals surface area contributed by atoms with Gasteiger partial charge in [0.2, 0.25) is 11.8 Å². The summed E-state index contributed by atoms with van der Waals surface area (Å²) >= 11 is 0. The van der Waals surface area contributed by atoms with Gasteiger partial charge in [0.25, 0.3) is 0 Å². The first-order chi connectivity index (χ1) is 12.6. The van der Waals surface area contributed by atoms with Gasteiger partial charge in [-0.3, -0.25) is 9.59 Å². The van der Waals surface area contributed by atoms with Gasteiger partial charge in [-0.2, -0.15) is 0 Å². The summed E-state index contributed by atoms with van der Waals surface area (Å²) in [5, 5.41) is 5.64. The molecule has 0 saturated carbocycles. The second kappa shape index (κ2) is 8.25. The van der Waals surface area contributed by atoms with Crippen LogP contribution in [-0.4, -0.2) is 17.9 Å². The first kappa shape index (κ1) is 20.5. The third-order valence-electron chi connectivity index (χ3n) is 4.10. The van der Waals surface area contributed by atoms with Crippen molar-refractivity contribution in [3.8, 4) is 5.75 Å². The number of ether oxygens (including phenoxy) is 1. The Morgan fingerprint density at radius 1 is 0.852 bits per heavy atom. The number of rotatable bonds is 6. The molecule has 2 amide bonds. The Kier molecular flexibility index (Phi) is 6.26. The van der Waals surface area contributed by atoms with Crippen molar-refractivity contribution >= 4 is 23.2 Å². The zero-order valence-electron chi connectivity index (χ0n) is 16.8. The molecular formula is C22H28N2O3. The van der Waals surface area contributed by atoms with Crippen LogP contribution < -0.4 is 15.4 Å². The molecular weight excluding hydrogens is 340 g/mol. The van der Waals surface area contributed by atoms with Crippen molar-refractivity contribution in [2.75, 3.05) is 10.6 Å². The average molecular weight is 368 g/mol. The Hall–Kier alpha value is -2.82. The average Bonchev–Trinajstić information content (AvgIpc) is 2.55. The number of benzene rings is 2. The quantitative estimate of drug-likeness (QED) is 0.727. The summed E-state index contributed by atoms with van der Waals surface area (Å²) in [5.74, 6) is 0.00137. The minimum Gasteiger partial charge on any atom is -0.491 e. The first-order valence-electron chi connectivity index (χ1n) is 9.06. The summed E-state index contributed by atoms with van der Waals surface area (Å²) in [4.78, 5) is 25.3. The first-order valence-corrected chi connectivity index (χ1v) is 9.06. The van der Waals surface area contributed by atoms with Crippen molar-refractivity contribution in [3.05, 3.63) is 53.6 Å². The Morgan fingerprint density at radius 2 is 1.33 bits per heavy atom. The highest BCUT2D eigenvalue weighted by Gasteiger charge is 2.36. The topological polar surface area (TPSA) is 67.4 Å². The Labute approximate surface area is 161 Å². The van der Waals surface area contributed by atoms with Crippen LogP contribution in [0.15, 0.2) is 42.5 Å². The number of hydrogen-bond donors (Lipinski definition) is 2. The summed E-state index contributed by atoms with van der Waals surface area (Å²) in [6, 6.07) is 12.9. The maximum absolute atomic E-state index is 12.7. The minimum absolute atomic E-state index is 0.0818. The standard InChI is InChI=1S/C22H28N2O3/c1-14(2)27-19-9-7-17(8-10-19)23-20(25)22(5,6)21(26)24-18-12-15(3)11-16(4)13-18/h7-14H,1-6H3,(H,23,25)(H,24,26). The summed E-state index contributed by atoms with van der Waals surface area (Å²) in [6.45, 7) is 11.0. The molecule has 0 aromatic heterocycles. The number of carbonyl (C=O) groups excluding carboxylic acids is 2. The van der Waals surface area contributed by atoms with E-state index in [9.17, 15) is 9.59 Å². The number of amides is 2. The van der Waals surface area contributed by atoms with Gasteiger partial charge in [0.1, 0.15) is 11.2 Å². The molecule has 5 heteroatoms. The molecule has 2 rings (SSSR count). The fourth-order valence-corrected chi connectivity index (χ4v) is 2.61. The lowest BCUT2D eigenvalue weighted by Gasteiger charge is -2.23. The maximum atomic E-state index is 12.7. The lowest BCUT2D eigenvalue weighted by molar-refractivity contribution is -0.135. The molecule has 0 heterocycles. The highest BCUT2D eigenvalue weighted by Crippen LogP contribution is 2.24. The van der Waals surface area contributed by atoms with Crippen molar-refractivity contribution in [1.82, 2.24) is 0 Å². The predicted molar refractivity (Wildman–Crippen MR) is 109 cm³/mol. The van der Waals surface area contributed by atoms with E-state index in [-0.39, 0.29) is 17.9 Å². The van der Waals surface area contributed by atoms with E-state index >= 15 is 0 Å². The summed E-state index contributed by atoms with van der Waals surface area (Å²) < 4.78 is 5.59. The molecule has 2 N–H and O–H groups in total. The fourth-order valence-electron chi connectivity index (χ4n) is 2.61. The molecule has 2 aromatic carbocycles. The van der Waals surface area contributed by atoms with Crippen LogP contribution in [-0.2, 0) is 9.59 Å².